The smallest absolute Gasteiger partial charge is 0.420 e. The van der Waals surface area contributed by atoms with Crippen LogP contribution in [0.3, 0.4) is 0 Å². The second-order valence-electron chi connectivity index (χ2n) is 9.79. The van der Waals surface area contributed by atoms with Gasteiger partial charge in [-0.15, -0.1) is 0 Å². The molecule has 33 heavy (non-hydrogen) atoms. The molecule has 1 aliphatic carbocycles. The van der Waals surface area contributed by atoms with Gasteiger partial charge in [-0.05, 0) is 79.3 Å². The van der Waals surface area contributed by atoms with E-state index in [1.807, 2.05) is 6.07 Å². The predicted molar refractivity (Wildman–Crippen MR) is 121 cm³/mol. The van der Waals surface area contributed by atoms with Crippen LogP contribution in [0.15, 0.2) is 30.3 Å². The second kappa shape index (κ2) is 9.92. The van der Waals surface area contributed by atoms with Crippen LogP contribution in [0.1, 0.15) is 63.0 Å². The summed E-state index contributed by atoms with van der Waals surface area (Å²) in [5.41, 5.74) is 0.134. The number of ether oxygens (including phenoxy) is 1. The van der Waals surface area contributed by atoms with Crippen molar-refractivity contribution in [2.45, 2.75) is 70.7 Å². The fourth-order valence-corrected chi connectivity index (χ4v) is 5.41. The molecular weight excluding hydrogens is 431 g/mol. The molecule has 4 rings (SSSR count). The lowest BCUT2D eigenvalue weighted by atomic mass is 9.89. The zero-order valence-electron chi connectivity index (χ0n) is 19.0. The lowest BCUT2D eigenvalue weighted by Gasteiger charge is -2.32. The molecule has 1 aliphatic heterocycles. The number of benzene rings is 2. The molecular formula is C26H32F3NO3. The normalized spacial score (nSPS) is 24.7. The quantitative estimate of drug-likeness (QED) is 0.531. The number of carboxylic acids is 1. The average Bonchev–Trinajstić information content (AvgIpc) is 2.74. The highest BCUT2D eigenvalue weighted by molar-refractivity contribution is 5.91. The van der Waals surface area contributed by atoms with E-state index in [1.54, 1.807) is 12.1 Å². The van der Waals surface area contributed by atoms with Gasteiger partial charge in [0, 0.05) is 19.5 Å². The molecule has 1 saturated carbocycles. The van der Waals surface area contributed by atoms with Crippen LogP contribution >= 0.6 is 0 Å². The molecule has 7 heteroatoms. The Balaban J connectivity index is 1.61. The van der Waals surface area contributed by atoms with Gasteiger partial charge in [-0.3, -0.25) is 9.69 Å². The molecule has 2 aromatic rings. The topological polar surface area (TPSA) is 49.8 Å². The van der Waals surface area contributed by atoms with Crippen molar-refractivity contribution in [3.05, 3.63) is 41.5 Å². The van der Waals surface area contributed by atoms with Crippen molar-refractivity contribution in [1.82, 2.24) is 4.90 Å². The fourth-order valence-electron chi connectivity index (χ4n) is 5.41. The first-order valence-corrected chi connectivity index (χ1v) is 11.9. The summed E-state index contributed by atoms with van der Waals surface area (Å²) in [5, 5.41) is 9.86. The minimum Gasteiger partial charge on any atom is -0.490 e. The molecule has 0 spiro atoms. The van der Waals surface area contributed by atoms with Gasteiger partial charge in [0.05, 0.1) is 6.10 Å². The highest BCUT2D eigenvalue weighted by Gasteiger charge is 2.37. The minimum absolute atomic E-state index is 0.0776. The first-order chi connectivity index (χ1) is 15.7. The van der Waals surface area contributed by atoms with Crippen LogP contribution < -0.4 is 4.74 Å². The molecule has 0 amide bonds. The summed E-state index contributed by atoms with van der Waals surface area (Å²) in [5.74, 6) is -0.209. The number of aliphatic carboxylic acids is 1. The van der Waals surface area contributed by atoms with E-state index < -0.39 is 17.7 Å². The number of hydrogen-bond acceptors (Lipinski definition) is 3. The highest BCUT2D eigenvalue weighted by Crippen LogP contribution is 2.43. The predicted octanol–water partition coefficient (Wildman–Crippen LogP) is 6.50. The Bertz CT molecular complexity index is 983. The third-order valence-electron chi connectivity index (χ3n) is 7.11. The van der Waals surface area contributed by atoms with Crippen LogP contribution in [0.25, 0.3) is 10.8 Å². The van der Waals surface area contributed by atoms with Crippen LogP contribution in [-0.2, 0) is 17.5 Å². The van der Waals surface area contributed by atoms with Crippen molar-refractivity contribution in [2.24, 2.45) is 11.8 Å². The number of carboxylic acid groups (broad SMARTS) is 1. The number of nitrogens with zero attached hydrogens (tertiary/aromatic N) is 1. The van der Waals surface area contributed by atoms with Crippen LogP contribution in [0, 0.1) is 11.8 Å². The van der Waals surface area contributed by atoms with Gasteiger partial charge in [0.25, 0.3) is 0 Å². The number of rotatable bonds is 6. The lowest BCUT2D eigenvalue weighted by molar-refractivity contribution is -0.139. The van der Waals surface area contributed by atoms with E-state index in [2.05, 4.69) is 11.8 Å². The van der Waals surface area contributed by atoms with E-state index in [9.17, 15) is 18.0 Å². The SMILES string of the molecule is CC1CCC(Oc2ccc3c(CN4CCC[C@H](CC(=O)O)C4)cccc3c2C(F)(F)F)CC1. The number of carbonyl (C=O) groups is 1. The maximum atomic E-state index is 14.2. The molecule has 4 nitrogen and oxygen atoms in total. The number of hydrogen-bond donors (Lipinski definition) is 1. The lowest BCUT2D eigenvalue weighted by Crippen LogP contribution is -2.35. The second-order valence-corrected chi connectivity index (χ2v) is 9.79. The average molecular weight is 464 g/mol. The summed E-state index contributed by atoms with van der Waals surface area (Å²) < 4.78 is 48.6. The van der Waals surface area contributed by atoms with E-state index in [4.69, 9.17) is 9.84 Å². The van der Waals surface area contributed by atoms with Crippen LogP contribution in [0.2, 0.25) is 0 Å². The van der Waals surface area contributed by atoms with E-state index in [1.165, 1.54) is 12.1 Å². The third-order valence-corrected chi connectivity index (χ3v) is 7.11. The summed E-state index contributed by atoms with van der Waals surface area (Å²) in [7, 11) is 0. The summed E-state index contributed by atoms with van der Waals surface area (Å²) in [6, 6.07) is 8.31. The standard InChI is InChI=1S/C26H32F3NO3/c1-17-7-9-20(10-8-17)33-23-12-11-21-19(5-2-6-22(21)25(23)26(27,28)29)16-30-13-3-4-18(15-30)14-24(31)32/h2,5-6,11-12,17-18,20H,3-4,7-10,13-16H2,1H3,(H,31,32)/t17?,18-,20?/m1/s1. The van der Waals surface area contributed by atoms with Crippen molar-refractivity contribution in [2.75, 3.05) is 13.1 Å². The molecule has 180 valence electrons. The molecule has 2 aromatic carbocycles. The van der Waals surface area contributed by atoms with Crippen molar-refractivity contribution < 1.29 is 27.8 Å². The van der Waals surface area contributed by atoms with Gasteiger partial charge in [-0.2, -0.15) is 13.2 Å². The molecule has 0 unspecified atom stereocenters. The minimum atomic E-state index is -4.52. The van der Waals surface area contributed by atoms with Gasteiger partial charge in [0.15, 0.2) is 0 Å². The van der Waals surface area contributed by atoms with Crippen molar-refractivity contribution in [3.63, 3.8) is 0 Å². The molecule has 2 aliphatic rings. The third kappa shape index (κ3) is 5.81. The first-order valence-electron chi connectivity index (χ1n) is 11.9. The van der Waals surface area contributed by atoms with E-state index in [-0.39, 0.29) is 29.6 Å². The molecule has 1 atom stereocenters. The molecule has 0 radical (unpaired) electrons. The largest absolute Gasteiger partial charge is 0.490 e. The first kappa shape index (κ1) is 23.9. The number of alkyl halides is 3. The van der Waals surface area contributed by atoms with E-state index in [0.717, 1.165) is 50.6 Å². The maximum Gasteiger partial charge on any atom is 0.420 e. The number of likely N-dealkylation sites (tertiary alicyclic amines) is 1. The van der Waals surface area contributed by atoms with E-state index in [0.29, 0.717) is 24.4 Å². The van der Waals surface area contributed by atoms with Crippen LogP contribution in [0.4, 0.5) is 13.2 Å². The monoisotopic (exact) mass is 463 g/mol. The Kier molecular flexibility index (Phi) is 7.17. The molecule has 2 fully saturated rings. The Hall–Kier alpha value is -2.28. The molecule has 0 aromatic heterocycles. The van der Waals surface area contributed by atoms with Gasteiger partial charge < -0.3 is 9.84 Å². The molecule has 1 heterocycles. The molecule has 1 N–H and O–H groups in total. The molecule has 1 saturated heterocycles. The summed E-state index contributed by atoms with van der Waals surface area (Å²) in [6.45, 7) is 4.14. The number of piperidine rings is 1. The summed E-state index contributed by atoms with van der Waals surface area (Å²) >= 11 is 0. The molecule has 0 bridgehead atoms. The summed E-state index contributed by atoms with van der Waals surface area (Å²) in [6.07, 6.45) is 0.711. The summed E-state index contributed by atoms with van der Waals surface area (Å²) in [4.78, 5) is 13.3. The van der Waals surface area contributed by atoms with Crippen molar-refractivity contribution in [1.29, 1.82) is 0 Å². The van der Waals surface area contributed by atoms with Crippen molar-refractivity contribution >= 4 is 16.7 Å². The Morgan fingerprint density at radius 1 is 1.09 bits per heavy atom. The fraction of sp³-hybridized carbons (Fsp3) is 0.577. The van der Waals surface area contributed by atoms with Crippen LogP contribution in [-0.4, -0.2) is 35.2 Å². The number of halogens is 3. The maximum absolute atomic E-state index is 14.2. The van der Waals surface area contributed by atoms with E-state index >= 15 is 0 Å². The van der Waals surface area contributed by atoms with Crippen molar-refractivity contribution in [3.8, 4) is 5.75 Å². The van der Waals surface area contributed by atoms with Gasteiger partial charge >= 0.3 is 12.1 Å². The highest BCUT2D eigenvalue weighted by atomic mass is 19.4. The van der Waals surface area contributed by atoms with Gasteiger partial charge in [-0.25, -0.2) is 0 Å². The Morgan fingerprint density at radius 3 is 2.55 bits per heavy atom. The van der Waals surface area contributed by atoms with Gasteiger partial charge in [-0.1, -0.05) is 31.2 Å². The van der Waals surface area contributed by atoms with Gasteiger partial charge in [0.2, 0.25) is 0 Å². The van der Waals surface area contributed by atoms with Gasteiger partial charge in [0.1, 0.15) is 11.3 Å². The Morgan fingerprint density at radius 2 is 1.85 bits per heavy atom. The van der Waals surface area contributed by atoms with Crippen LogP contribution in [0.5, 0.6) is 5.75 Å². The zero-order valence-corrected chi connectivity index (χ0v) is 19.0. The number of fused-ring (bicyclic) bond motifs is 1. The Labute approximate surface area is 192 Å². The zero-order chi connectivity index (χ0) is 23.6.